The molecule has 0 radical (unpaired) electrons. The third-order valence-electron chi connectivity index (χ3n) is 11.8. The summed E-state index contributed by atoms with van der Waals surface area (Å²) in [6.07, 6.45) is 0. The number of nitrogens with zero attached hydrogens (tertiary/aromatic N) is 1. The molecule has 276 valence electrons. The van der Waals surface area contributed by atoms with E-state index in [2.05, 4.69) is 211 Å². The average molecular weight is 770 g/mol. The molecule has 0 unspecified atom stereocenters. The first-order valence-electron chi connectivity index (χ1n) is 20.1. The zero-order valence-electron chi connectivity index (χ0n) is 32.0. The zero-order valence-corrected chi connectivity index (χ0v) is 32.8. The predicted molar refractivity (Wildman–Crippen MR) is 253 cm³/mol. The van der Waals surface area contributed by atoms with E-state index >= 15 is 0 Å². The largest absolute Gasteiger partial charge is 0.456 e. The lowest BCUT2D eigenvalue weighted by Crippen LogP contribution is -2.13. The SMILES string of the molecule is c1ccc(-c2cccc(-c3c(N(c4ccc(-c5cccc6oc7ccccc7c56)cc4)c4cccc5sc6ccccc6c45)c4ccccc4c4ccccc34)c2)cc1. The molecule has 10 aromatic carbocycles. The van der Waals surface area contributed by atoms with Crippen LogP contribution in [-0.4, -0.2) is 0 Å². The molecule has 0 saturated carbocycles. The van der Waals surface area contributed by atoms with Crippen molar-refractivity contribution in [1.29, 1.82) is 0 Å². The van der Waals surface area contributed by atoms with Gasteiger partial charge in [0.15, 0.2) is 0 Å². The average Bonchev–Trinajstić information content (AvgIpc) is 3.89. The molecule has 0 amide bonds. The number of anilines is 3. The quantitative estimate of drug-likeness (QED) is 0.157. The summed E-state index contributed by atoms with van der Waals surface area (Å²) in [5, 5.41) is 9.67. The summed E-state index contributed by atoms with van der Waals surface area (Å²) in [5.41, 5.74) is 12.3. The molecule has 2 nitrogen and oxygen atoms in total. The monoisotopic (exact) mass is 769 g/mol. The van der Waals surface area contributed by atoms with Gasteiger partial charge >= 0.3 is 0 Å². The summed E-state index contributed by atoms with van der Waals surface area (Å²) in [7, 11) is 0. The highest BCUT2D eigenvalue weighted by Crippen LogP contribution is 2.52. The van der Waals surface area contributed by atoms with Gasteiger partial charge in [-0.2, -0.15) is 0 Å². The van der Waals surface area contributed by atoms with Crippen molar-refractivity contribution in [2.24, 2.45) is 0 Å². The highest BCUT2D eigenvalue weighted by atomic mass is 32.1. The van der Waals surface area contributed by atoms with Crippen LogP contribution in [-0.2, 0) is 0 Å². The zero-order chi connectivity index (χ0) is 38.9. The molecule has 2 heterocycles. The van der Waals surface area contributed by atoms with Gasteiger partial charge in [0.05, 0.1) is 11.4 Å². The molecule has 0 spiro atoms. The van der Waals surface area contributed by atoms with Crippen molar-refractivity contribution in [3.8, 4) is 33.4 Å². The van der Waals surface area contributed by atoms with Gasteiger partial charge in [0.2, 0.25) is 0 Å². The number of rotatable bonds is 6. The molecule has 0 aliphatic carbocycles. The van der Waals surface area contributed by atoms with Crippen molar-refractivity contribution in [3.05, 3.63) is 212 Å². The number of benzene rings is 10. The fraction of sp³-hybridized carbons (Fsp3) is 0. The molecule has 0 aliphatic rings. The van der Waals surface area contributed by atoms with Crippen molar-refractivity contribution < 1.29 is 4.42 Å². The Hall–Kier alpha value is -7.46. The molecule has 0 atom stereocenters. The first kappa shape index (κ1) is 33.7. The van der Waals surface area contributed by atoms with Gasteiger partial charge in [0.1, 0.15) is 11.2 Å². The fourth-order valence-corrected chi connectivity index (χ4v) is 10.4. The van der Waals surface area contributed by atoms with Crippen LogP contribution < -0.4 is 4.90 Å². The Bertz CT molecular complexity index is 3560. The summed E-state index contributed by atoms with van der Waals surface area (Å²) in [5.74, 6) is 0. The number of para-hydroxylation sites is 1. The molecule has 0 fully saturated rings. The maximum Gasteiger partial charge on any atom is 0.136 e. The van der Waals surface area contributed by atoms with E-state index in [-0.39, 0.29) is 0 Å². The Morgan fingerprint density at radius 2 is 0.949 bits per heavy atom. The van der Waals surface area contributed by atoms with Crippen LogP contribution in [0.15, 0.2) is 217 Å². The molecule has 0 bridgehead atoms. The molecule has 59 heavy (non-hydrogen) atoms. The van der Waals surface area contributed by atoms with Gasteiger partial charge < -0.3 is 9.32 Å². The van der Waals surface area contributed by atoms with E-state index in [1.807, 2.05) is 17.4 Å². The van der Waals surface area contributed by atoms with E-state index < -0.39 is 0 Å². The molecule has 3 heteroatoms. The number of furan rings is 1. The van der Waals surface area contributed by atoms with Crippen LogP contribution in [0.25, 0.3) is 97.0 Å². The number of thiophene rings is 1. The summed E-state index contributed by atoms with van der Waals surface area (Å²) >= 11 is 1.86. The third-order valence-corrected chi connectivity index (χ3v) is 13.0. The van der Waals surface area contributed by atoms with Gasteiger partial charge in [0, 0.05) is 47.6 Å². The van der Waals surface area contributed by atoms with Crippen molar-refractivity contribution >= 4 is 92.1 Å². The van der Waals surface area contributed by atoms with Crippen LogP contribution in [0.5, 0.6) is 0 Å². The van der Waals surface area contributed by atoms with Crippen LogP contribution in [0.2, 0.25) is 0 Å². The van der Waals surface area contributed by atoms with Crippen molar-refractivity contribution in [1.82, 2.24) is 0 Å². The fourth-order valence-electron chi connectivity index (χ4n) is 9.27. The molecule has 12 aromatic rings. The molecule has 0 saturated heterocycles. The second kappa shape index (κ2) is 13.6. The maximum atomic E-state index is 6.32. The molecular formula is C56H35NOS. The number of hydrogen-bond acceptors (Lipinski definition) is 3. The van der Waals surface area contributed by atoms with Gasteiger partial charge in [-0.25, -0.2) is 0 Å². The van der Waals surface area contributed by atoms with Crippen molar-refractivity contribution in [3.63, 3.8) is 0 Å². The number of hydrogen-bond donors (Lipinski definition) is 0. The lowest BCUT2D eigenvalue weighted by atomic mass is 9.88. The second-order valence-corrected chi connectivity index (χ2v) is 16.3. The van der Waals surface area contributed by atoms with E-state index in [1.54, 1.807) is 0 Å². The predicted octanol–water partition coefficient (Wildman–Crippen LogP) is 16.7. The minimum Gasteiger partial charge on any atom is -0.456 e. The van der Waals surface area contributed by atoms with Gasteiger partial charge in [-0.1, -0.05) is 164 Å². The smallest absolute Gasteiger partial charge is 0.136 e. The van der Waals surface area contributed by atoms with E-state index in [1.165, 1.54) is 64.0 Å². The standard InChI is InChI=1S/C56H35NOS/c1-2-15-36(16-3-1)38-17-12-18-39(35-38)53-44-21-6-4-19-42(44)43-20-5-7-22-45(43)56(53)57(48-26-14-30-52-55(48)47-24-9-11-29-51(47)59-52)40-33-31-37(32-34-40)41-25-13-28-50-54(41)46-23-8-10-27-49(46)58-50/h1-35H. The Kier molecular flexibility index (Phi) is 7.75. The maximum absolute atomic E-state index is 6.32. The first-order valence-corrected chi connectivity index (χ1v) is 20.9. The highest BCUT2D eigenvalue weighted by molar-refractivity contribution is 7.26. The van der Waals surface area contributed by atoms with Crippen LogP contribution in [0, 0.1) is 0 Å². The molecule has 12 rings (SSSR count). The lowest BCUT2D eigenvalue weighted by molar-refractivity contribution is 0.669. The minimum atomic E-state index is 0.899. The normalized spacial score (nSPS) is 11.7. The van der Waals surface area contributed by atoms with E-state index in [0.29, 0.717) is 0 Å². The summed E-state index contributed by atoms with van der Waals surface area (Å²) < 4.78 is 8.87. The second-order valence-electron chi connectivity index (χ2n) is 15.2. The summed E-state index contributed by atoms with van der Waals surface area (Å²) in [6.45, 7) is 0. The topological polar surface area (TPSA) is 16.4 Å². The molecular weight excluding hydrogens is 735 g/mol. The Morgan fingerprint density at radius 3 is 1.78 bits per heavy atom. The third kappa shape index (κ3) is 5.40. The van der Waals surface area contributed by atoms with Crippen molar-refractivity contribution in [2.45, 2.75) is 0 Å². The Morgan fingerprint density at radius 1 is 0.356 bits per heavy atom. The highest BCUT2D eigenvalue weighted by Gasteiger charge is 2.26. The minimum absolute atomic E-state index is 0.899. The summed E-state index contributed by atoms with van der Waals surface area (Å²) in [6, 6.07) is 77.1. The van der Waals surface area contributed by atoms with Gasteiger partial charge in [0.25, 0.3) is 0 Å². The van der Waals surface area contributed by atoms with Gasteiger partial charge in [-0.05, 0) is 92.5 Å². The van der Waals surface area contributed by atoms with Crippen LogP contribution in [0.4, 0.5) is 17.1 Å². The van der Waals surface area contributed by atoms with Crippen LogP contribution in [0.3, 0.4) is 0 Å². The van der Waals surface area contributed by atoms with Gasteiger partial charge in [-0.15, -0.1) is 11.3 Å². The first-order chi connectivity index (χ1) is 29.3. The van der Waals surface area contributed by atoms with Crippen LogP contribution >= 0.6 is 11.3 Å². The van der Waals surface area contributed by atoms with Crippen molar-refractivity contribution in [2.75, 3.05) is 4.90 Å². The Balaban J connectivity index is 1.18. The molecule has 0 N–H and O–H groups in total. The Labute approximate surface area is 345 Å². The van der Waals surface area contributed by atoms with Gasteiger partial charge in [-0.3, -0.25) is 0 Å². The van der Waals surface area contributed by atoms with Crippen LogP contribution in [0.1, 0.15) is 0 Å². The van der Waals surface area contributed by atoms with E-state index in [4.69, 9.17) is 4.42 Å². The molecule has 0 aliphatic heterocycles. The van der Waals surface area contributed by atoms with E-state index in [9.17, 15) is 0 Å². The number of fused-ring (bicyclic) bond motifs is 9. The summed E-state index contributed by atoms with van der Waals surface area (Å²) in [4.78, 5) is 2.54. The molecule has 2 aromatic heterocycles. The van der Waals surface area contributed by atoms with E-state index in [0.717, 1.165) is 50.1 Å². The lowest BCUT2D eigenvalue weighted by Gasteiger charge is -2.31.